The van der Waals surface area contributed by atoms with Crippen molar-refractivity contribution in [2.75, 3.05) is 0 Å². The number of hydrogen-bond donors (Lipinski definition) is 0. The number of carbonyl (C=O) groups is 1. The summed E-state index contributed by atoms with van der Waals surface area (Å²) in [6.45, 7) is 6.13. The van der Waals surface area contributed by atoms with Crippen molar-refractivity contribution in [3.05, 3.63) is 93.6 Å². The van der Waals surface area contributed by atoms with E-state index < -0.39 is 0 Å². The van der Waals surface area contributed by atoms with Crippen LogP contribution in [-0.2, 0) is 6.42 Å². The molecule has 4 heteroatoms. The maximum Gasteiger partial charge on any atom is 0.171 e. The first-order valence-corrected chi connectivity index (χ1v) is 10.2. The van der Waals surface area contributed by atoms with Crippen molar-refractivity contribution in [1.29, 1.82) is 0 Å². The van der Waals surface area contributed by atoms with Crippen molar-refractivity contribution in [2.45, 2.75) is 27.2 Å². The third kappa shape index (κ3) is 3.56. The number of hydrogen-bond acceptors (Lipinski definition) is 3. The topological polar surface area (TPSA) is 34.9 Å². The molecule has 0 unspecified atom stereocenters. The molecule has 0 saturated carbocycles. The van der Waals surface area contributed by atoms with Gasteiger partial charge in [0.05, 0.1) is 12.1 Å². The minimum Gasteiger partial charge on any atom is -0.318 e. The van der Waals surface area contributed by atoms with Crippen LogP contribution in [0.25, 0.3) is 16.9 Å². The lowest BCUT2D eigenvalue weighted by atomic mass is 10.1. The van der Waals surface area contributed by atoms with Gasteiger partial charge < -0.3 is 4.57 Å². The molecule has 0 N–H and O–H groups in total. The Bertz CT molecular complexity index is 1120. The van der Waals surface area contributed by atoms with Gasteiger partial charge >= 0.3 is 0 Å². The predicted molar refractivity (Wildman–Crippen MR) is 116 cm³/mol. The quantitative estimate of drug-likeness (QED) is 0.397. The van der Waals surface area contributed by atoms with Gasteiger partial charge in [-0.15, -0.1) is 11.3 Å². The van der Waals surface area contributed by atoms with Gasteiger partial charge in [0.15, 0.2) is 5.78 Å². The number of carbonyl (C=O) groups excluding carboxylic acids is 1. The lowest BCUT2D eigenvalue weighted by molar-refractivity contribution is 0.0992. The maximum absolute atomic E-state index is 13.0. The van der Waals surface area contributed by atoms with Gasteiger partial charge in [-0.25, -0.2) is 4.98 Å². The van der Waals surface area contributed by atoms with Crippen molar-refractivity contribution in [2.24, 2.45) is 0 Å². The van der Waals surface area contributed by atoms with E-state index in [1.807, 2.05) is 55.6 Å². The Balaban J connectivity index is 1.59. The molecule has 3 nitrogen and oxygen atoms in total. The lowest BCUT2D eigenvalue weighted by Gasteiger charge is -2.10. The molecule has 2 aromatic heterocycles. The molecule has 0 saturated heterocycles. The fraction of sp³-hybridized carbons (Fsp3) is 0.167. The van der Waals surface area contributed by atoms with Gasteiger partial charge in [0, 0.05) is 33.6 Å². The summed E-state index contributed by atoms with van der Waals surface area (Å²) in [6.07, 6.45) is 0.329. The van der Waals surface area contributed by atoms with E-state index in [4.69, 9.17) is 0 Å². The number of Topliss-reactive ketones (excluding diaryl/α,β-unsaturated/α-hetero) is 1. The Labute approximate surface area is 169 Å². The van der Waals surface area contributed by atoms with Gasteiger partial charge in [0.2, 0.25) is 0 Å². The van der Waals surface area contributed by atoms with Gasteiger partial charge in [-0.1, -0.05) is 48.0 Å². The highest BCUT2D eigenvalue weighted by atomic mass is 32.1. The largest absolute Gasteiger partial charge is 0.318 e. The van der Waals surface area contributed by atoms with Gasteiger partial charge in [0.1, 0.15) is 5.01 Å². The lowest BCUT2D eigenvalue weighted by Crippen LogP contribution is -2.06. The molecule has 4 aromatic rings. The molecule has 0 aliphatic rings. The highest BCUT2D eigenvalue weighted by Crippen LogP contribution is 2.25. The van der Waals surface area contributed by atoms with Gasteiger partial charge in [0.25, 0.3) is 0 Å². The SMILES string of the molecule is Cc1ccc(-n2c(C)cc(C(=O)Cc3nc(-c4ccccc4)cs3)c2C)cc1. The second kappa shape index (κ2) is 7.56. The first-order chi connectivity index (χ1) is 13.5. The second-order valence-electron chi connectivity index (χ2n) is 7.05. The normalized spacial score (nSPS) is 11.0. The van der Waals surface area contributed by atoms with E-state index in [2.05, 4.69) is 40.7 Å². The molecular formula is C24H22N2OS. The fourth-order valence-electron chi connectivity index (χ4n) is 3.50. The molecule has 0 aliphatic heterocycles. The van der Waals surface area contributed by atoms with E-state index in [1.165, 1.54) is 5.56 Å². The molecule has 140 valence electrons. The molecule has 0 aliphatic carbocycles. The molecule has 2 heterocycles. The molecule has 2 aromatic carbocycles. The Kier molecular flexibility index (Phi) is 4.97. The molecule has 0 atom stereocenters. The van der Waals surface area contributed by atoms with Crippen LogP contribution in [0.2, 0.25) is 0 Å². The average Bonchev–Trinajstić information content (AvgIpc) is 3.28. The van der Waals surface area contributed by atoms with Crippen LogP contribution in [0.15, 0.2) is 66.0 Å². The van der Waals surface area contributed by atoms with Crippen LogP contribution in [0, 0.1) is 20.8 Å². The standard InChI is InChI=1S/C24H22N2OS/c1-16-9-11-20(12-10-16)26-17(2)13-21(18(26)3)23(27)14-24-25-22(15-28-24)19-7-5-4-6-8-19/h4-13,15H,14H2,1-3H3. The van der Waals surface area contributed by atoms with Crippen molar-refractivity contribution in [3.63, 3.8) is 0 Å². The van der Waals surface area contributed by atoms with E-state index in [-0.39, 0.29) is 5.78 Å². The van der Waals surface area contributed by atoms with Crippen LogP contribution in [0.5, 0.6) is 0 Å². The average molecular weight is 387 g/mol. The molecular weight excluding hydrogens is 364 g/mol. The zero-order chi connectivity index (χ0) is 19.7. The summed E-state index contributed by atoms with van der Waals surface area (Å²) in [5, 5.41) is 2.87. The third-order valence-electron chi connectivity index (χ3n) is 4.96. The number of aromatic nitrogens is 2. The van der Waals surface area contributed by atoms with E-state index >= 15 is 0 Å². The van der Waals surface area contributed by atoms with Gasteiger partial charge in [-0.2, -0.15) is 0 Å². The Morgan fingerprint density at radius 1 is 1.00 bits per heavy atom. The van der Waals surface area contributed by atoms with Gasteiger partial charge in [-0.3, -0.25) is 4.79 Å². The minimum atomic E-state index is 0.112. The number of nitrogens with zero attached hydrogens (tertiary/aromatic N) is 2. The summed E-state index contributed by atoms with van der Waals surface area (Å²) in [7, 11) is 0. The second-order valence-corrected chi connectivity index (χ2v) is 7.99. The van der Waals surface area contributed by atoms with E-state index in [1.54, 1.807) is 11.3 Å². The van der Waals surface area contributed by atoms with E-state index in [0.717, 1.165) is 38.9 Å². The summed E-state index contributed by atoms with van der Waals surface area (Å²) in [5.74, 6) is 0.112. The molecule has 0 radical (unpaired) electrons. The minimum absolute atomic E-state index is 0.112. The molecule has 0 bridgehead atoms. The van der Waals surface area contributed by atoms with Crippen molar-refractivity contribution in [1.82, 2.24) is 9.55 Å². The number of ketones is 1. The Morgan fingerprint density at radius 2 is 1.71 bits per heavy atom. The molecule has 4 rings (SSSR count). The molecule has 0 fully saturated rings. The van der Waals surface area contributed by atoms with Crippen molar-refractivity contribution < 1.29 is 4.79 Å². The van der Waals surface area contributed by atoms with Crippen LogP contribution in [0.3, 0.4) is 0 Å². The number of thiazole rings is 1. The van der Waals surface area contributed by atoms with Crippen LogP contribution in [0.1, 0.15) is 32.3 Å². The number of rotatable bonds is 5. The summed E-state index contributed by atoms with van der Waals surface area (Å²) < 4.78 is 2.14. The number of aryl methyl sites for hydroxylation is 2. The fourth-order valence-corrected chi connectivity index (χ4v) is 4.30. The van der Waals surface area contributed by atoms with Crippen LogP contribution in [0.4, 0.5) is 0 Å². The van der Waals surface area contributed by atoms with Crippen molar-refractivity contribution in [3.8, 4) is 16.9 Å². The summed E-state index contributed by atoms with van der Waals surface area (Å²) in [5.41, 5.74) is 7.13. The Morgan fingerprint density at radius 3 is 2.43 bits per heavy atom. The first-order valence-electron chi connectivity index (χ1n) is 9.32. The highest BCUT2D eigenvalue weighted by molar-refractivity contribution is 7.10. The zero-order valence-corrected chi connectivity index (χ0v) is 17.1. The summed E-state index contributed by atoms with van der Waals surface area (Å²) in [6, 6.07) is 20.4. The molecule has 0 amide bonds. The monoisotopic (exact) mass is 386 g/mol. The van der Waals surface area contributed by atoms with Crippen LogP contribution >= 0.6 is 11.3 Å². The highest BCUT2D eigenvalue weighted by Gasteiger charge is 2.18. The summed E-state index contributed by atoms with van der Waals surface area (Å²) in [4.78, 5) is 17.6. The van der Waals surface area contributed by atoms with Gasteiger partial charge in [-0.05, 0) is 39.0 Å². The van der Waals surface area contributed by atoms with E-state index in [9.17, 15) is 4.79 Å². The van der Waals surface area contributed by atoms with Crippen molar-refractivity contribution >= 4 is 17.1 Å². The maximum atomic E-state index is 13.0. The molecule has 28 heavy (non-hydrogen) atoms. The third-order valence-corrected chi connectivity index (χ3v) is 5.81. The predicted octanol–water partition coefficient (Wildman–Crippen LogP) is 5.95. The first kappa shape index (κ1) is 18.4. The van der Waals surface area contributed by atoms with E-state index in [0.29, 0.717) is 6.42 Å². The zero-order valence-electron chi connectivity index (χ0n) is 16.3. The summed E-state index contributed by atoms with van der Waals surface area (Å²) >= 11 is 1.54. The number of benzene rings is 2. The smallest absolute Gasteiger partial charge is 0.171 e. The van der Waals surface area contributed by atoms with Crippen LogP contribution in [-0.4, -0.2) is 15.3 Å². The Hall–Kier alpha value is -2.98. The molecule has 0 spiro atoms. The van der Waals surface area contributed by atoms with Crippen LogP contribution < -0.4 is 0 Å².